The first-order valence-electron chi connectivity index (χ1n) is 6.78. The van der Waals surface area contributed by atoms with Crippen LogP contribution in [-0.4, -0.2) is 12.5 Å². The topological polar surface area (TPSA) is 29.1 Å². The molecule has 0 saturated heterocycles. The minimum absolute atomic E-state index is 0.133. The molecule has 0 fully saturated rings. The number of benzene rings is 2. The first-order valence-corrected chi connectivity index (χ1v) is 7.21. The molecule has 0 aliphatic rings. The van der Waals surface area contributed by atoms with E-state index in [1.165, 1.54) is 5.56 Å². The Morgan fingerprint density at radius 1 is 1.00 bits per heavy atom. The molecule has 1 amide bonds. The van der Waals surface area contributed by atoms with Crippen LogP contribution in [0.2, 0.25) is 0 Å². The SMILES string of the molecule is O=C(NCCCc1ccccc1)C(Cl)c1ccccc1. The van der Waals surface area contributed by atoms with Crippen molar-refractivity contribution in [2.24, 2.45) is 0 Å². The van der Waals surface area contributed by atoms with Gasteiger partial charge in [0.15, 0.2) is 0 Å². The summed E-state index contributed by atoms with van der Waals surface area (Å²) in [6, 6.07) is 19.6. The maximum atomic E-state index is 11.9. The van der Waals surface area contributed by atoms with Crippen LogP contribution in [0.15, 0.2) is 60.7 Å². The third-order valence-corrected chi connectivity index (χ3v) is 3.56. The Bertz CT molecular complexity index is 527. The summed E-state index contributed by atoms with van der Waals surface area (Å²) in [5.41, 5.74) is 2.11. The van der Waals surface area contributed by atoms with Crippen molar-refractivity contribution < 1.29 is 4.79 Å². The summed E-state index contributed by atoms with van der Waals surface area (Å²) in [5.74, 6) is -0.133. The first kappa shape index (κ1) is 14.6. The second kappa shape index (κ2) is 7.71. The van der Waals surface area contributed by atoms with Gasteiger partial charge in [0, 0.05) is 6.54 Å². The van der Waals surface area contributed by atoms with Crippen LogP contribution in [0.4, 0.5) is 0 Å². The molecule has 0 heterocycles. The fraction of sp³-hybridized carbons (Fsp3) is 0.235. The number of halogens is 1. The van der Waals surface area contributed by atoms with Crippen molar-refractivity contribution in [3.8, 4) is 0 Å². The third-order valence-electron chi connectivity index (χ3n) is 3.11. The number of hydrogen-bond acceptors (Lipinski definition) is 1. The van der Waals surface area contributed by atoms with E-state index in [1.54, 1.807) is 0 Å². The molecule has 0 radical (unpaired) electrons. The van der Waals surface area contributed by atoms with Crippen molar-refractivity contribution in [2.75, 3.05) is 6.54 Å². The highest BCUT2D eigenvalue weighted by molar-refractivity contribution is 6.30. The second-order valence-corrected chi connectivity index (χ2v) is 5.09. The van der Waals surface area contributed by atoms with Gasteiger partial charge in [0.1, 0.15) is 5.38 Å². The molecule has 2 aromatic rings. The van der Waals surface area contributed by atoms with Gasteiger partial charge in [-0.3, -0.25) is 4.79 Å². The Hall–Kier alpha value is -1.80. The predicted molar refractivity (Wildman–Crippen MR) is 82.8 cm³/mol. The Balaban J connectivity index is 1.73. The van der Waals surface area contributed by atoms with Crippen molar-refractivity contribution in [3.63, 3.8) is 0 Å². The lowest BCUT2D eigenvalue weighted by Crippen LogP contribution is -2.28. The first-order chi connectivity index (χ1) is 9.77. The number of aryl methyl sites for hydroxylation is 1. The van der Waals surface area contributed by atoms with Crippen LogP contribution in [0.3, 0.4) is 0 Å². The van der Waals surface area contributed by atoms with E-state index < -0.39 is 5.38 Å². The van der Waals surface area contributed by atoms with Crippen molar-refractivity contribution in [3.05, 3.63) is 71.8 Å². The monoisotopic (exact) mass is 287 g/mol. The zero-order valence-electron chi connectivity index (χ0n) is 11.3. The van der Waals surface area contributed by atoms with E-state index in [0.717, 1.165) is 18.4 Å². The highest BCUT2D eigenvalue weighted by Gasteiger charge is 2.16. The van der Waals surface area contributed by atoms with Crippen molar-refractivity contribution in [1.82, 2.24) is 5.32 Å². The van der Waals surface area contributed by atoms with Crippen molar-refractivity contribution >= 4 is 17.5 Å². The molecule has 0 spiro atoms. The molecule has 3 heteroatoms. The summed E-state index contributed by atoms with van der Waals surface area (Å²) in [6.07, 6.45) is 1.87. The maximum absolute atomic E-state index is 11.9. The molecular formula is C17H18ClNO. The van der Waals surface area contributed by atoms with E-state index in [1.807, 2.05) is 48.5 Å². The molecule has 1 atom stereocenters. The zero-order chi connectivity index (χ0) is 14.2. The van der Waals surface area contributed by atoms with Gasteiger partial charge in [-0.15, -0.1) is 11.6 Å². The Morgan fingerprint density at radius 2 is 1.60 bits per heavy atom. The van der Waals surface area contributed by atoms with Gasteiger partial charge in [0.2, 0.25) is 5.91 Å². The number of hydrogen-bond donors (Lipinski definition) is 1. The Labute approximate surface area is 124 Å². The molecular weight excluding hydrogens is 270 g/mol. The van der Waals surface area contributed by atoms with Crippen LogP contribution in [0.5, 0.6) is 0 Å². The van der Waals surface area contributed by atoms with E-state index in [0.29, 0.717) is 6.54 Å². The van der Waals surface area contributed by atoms with Gasteiger partial charge in [-0.25, -0.2) is 0 Å². The lowest BCUT2D eigenvalue weighted by atomic mass is 10.1. The van der Waals surface area contributed by atoms with Gasteiger partial charge in [-0.2, -0.15) is 0 Å². The van der Waals surface area contributed by atoms with E-state index in [9.17, 15) is 4.79 Å². The van der Waals surface area contributed by atoms with Crippen LogP contribution in [-0.2, 0) is 11.2 Å². The van der Waals surface area contributed by atoms with Crippen LogP contribution in [0.1, 0.15) is 22.9 Å². The number of alkyl halides is 1. The number of carbonyl (C=O) groups is 1. The molecule has 2 aromatic carbocycles. The number of nitrogens with one attached hydrogen (secondary N) is 1. The lowest BCUT2D eigenvalue weighted by molar-refractivity contribution is -0.120. The molecule has 0 aliphatic carbocycles. The number of rotatable bonds is 6. The lowest BCUT2D eigenvalue weighted by Gasteiger charge is -2.10. The molecule has 1 unspecified atom stereocenters. The molecule has 20 heavy (non-hydrogen) atoms. The minimum Gasteiger partial charge on any atom is -0.355 e. The quantitative estimate of drug-likeness (QED) is 0.637. The fourth-order valence-corrected chi connectivity index (χ4v) is 2.23. The molecule has 104 valence electrons. The van der Waals surface area contributed by atoms with Gasteiger partial charge >= 0.3 is 0 Å². The number of carbonyl (C=O) groups excluding carboxylic acids is 1. The molecule has 0 bridgehead atoms. The van der Waals surface area contributed by atoms with Gasteiger partial charge in [-0.05, 0) is 24.0 Å². The highest BCUT2D eigenvalue weighted by atomic mass is 35.5. The standard InChI is InChI=1S/C17H18ClNO/c18-16(15-11-5-2-6-12-15)17(20)19-13-7-10-14-8-3-1-4-9-14/h1-6,8-9,11-12,16H,7,10,13H2,(H,19,20). The van der Waals surface area contributed by atoms with Crippen LogP contribution in [0, 0.1) is 0 Å². The zero-order valence-corrected chi connectivity index (χ0v) is 12.0. The van der Waals surface area contributed by atoms with E-state index in [-0.39, 0.29) is 5.91 Å². The third kappa shape index (κ3) is 4.39. The van der Waals surface area contributed by atoms with E-state index in [4.69, 9.17) is 11.6 Å². The summed E-state index contributed by atoms with van der Waals surface area (Å²) in [6.45, 7) is 0.643. The summed E-state index contributed by atoms with van der Waals surface area (Å²) in [7, 11) is 0. The Kier molecular flexibility index (Phi) is 5.63. The van der Waals surface area contributed by atoms with Crippen LogP contribution < -0.4 is 5.32 Å². The van der Waals surface area contributed by atoms with Crippen molar-refractivity contribution in [2.45, 2.75) is 18.2 Å². The summed E-state index contributed by atoms with van der Waals surface area (Å²) >= 11 is 6.14. The predicted octanol–water partition coefficient (Wildman–Crippen LogP) is 3.72. The molecule has 2 rings (SSSR count). The van der Waals surface area contributed by atoms with Gasteiger partial charge in [0.25, 0.3) is 0 Å². The average molecular weight is 288 g/mol. The summed E-state index contributed by atoms with van der Waals surface area (Å²) in [5, 5.41) is 2.26. The largest absolute Gasteiger partial charge is 0.355 e. The van der Waals surface area contributed by atoms with E-state index in [2.05, 4.69) is 17.4 Å². The molecule has 1 N–H and O–H groups in total. The molecule has 0 aromatic heterocycles. The van der Waals surface area contributed by atoms with E-state index >= 15 is 0 Å². The van der Waals surface area contributed by atoms with Crippen molar-refractivity contribution in [1.29, 1.82) is 0 Å². The minimum atomic E-state index is -0.618. The molecule has 2 nitrogen and oxygen atoms in total. The van der Waals surface area contributed by atoms with Gasteiger partial charge in [0.05, 0.1) is 0 Å². The molecule has 0 aliphatic heterocycles. The van der Waals surface area contributed by atoms with Crippen LogP contribution >= 0.6 is 11.6 Å². The smallest absolute Gasteiger partial charge is 0.242 e. The highest BCUT2D eigenvalue weighted by Crippen LogP contribution is 2.19. The molecule has 0 saturated carbocycles. The van der Waals surface area contributed by atoms with Gasteiger partial charge < -0.3 is 5.32 Å². The summed E-state index contributed by atoms with van der Waals surface area (Å²) in [4.78, 5) is 11.9. The normalized spacial score (nSPS) is 11.8. The fourth-order valence-electron chi connectivity index (χ4n) is 2.01. The maximum Gasteiger partial charge on any atom is 0.242 e. The van der Waals surface area contributed by atoms with Crippen LogP contribution in [0.25, 0.3) is 0 Å². The second-order valence-electron chi connectivity index (χ2n) is 4.65. The van der Waals surface area contributed by atoms with Gasteiger partial charge in [-0.1, -0.05) is 60.7 Å². The summed E-state index contributed by atoms with van der Waals surface area (Å²) < 4.78 is 0. The average Bonchev–Trinajstić information content (AvgIpc) is 2.52. The Morgan fingerprint density at radius 3 is 2.25 bits per heavy atom. The number of amides is 1.